The van der Waals surface area contributed by atoms with Crippen LogP contribution in [0.2, 0.25) is 0 Å². The van der Waals surface area contributed by atoms with Crippen LogP contribution in [0, 0.1) is 0 Å². The summed E-state index contributed by atoms with van der Waals surface area (Å²) in [6.07, 6.45) is -2.78. The third-order valence-electron chi connectivity index (χ3n) is 7.58. The monoisotopic (exact) mass is 628 g/mol. The molecule has 0 spiro atoms. The number of fused-ring (bicyclic) bond motifs is 1. The minimum atomic E-state index is -4.74. The van der Waals surface area contributed by atoms with E-state index in [1.807, 2.05) is 12.1 Å². The Labute approximate surface area is 254 Å². The van der Waals surface area contributed by atoms with E-state index in [1.54, 1.807) is 49.5 Å². The SMILES string of the molecule is CN(C)C(=O)c1cccc(-c2ccc(C(O)CNC3CCN(c4cc(C(F)(F)F)c5c(N)c(C(=O)O)sc5n4)CC3)nc2)c1. The highest BCUT2D eigenvalue weighted by atomic mass is 32.1. The number of rotatable bonds is 8. The number of carboxylic acids is 1. The van der Waals surface area contributed by atoms with Gasteiger partial charge in [0.15, 0.2) is 0 Å². The molecule has 5 rings (SSSR count). The van der Waals surface area contributed by atoms with Crippen LogP contribution in [0.3, 0.4) is 0 Å². The molecule has 232 valence electrons. The van der Waals surface area contributed by atoms with Gasteiger partial charge in [0.05, 0.1) is 16.9 Å². The molecule has 1 aromatic carbocycles. The van der Waals surface area contributed by atoms with E-state index >= 15 is 0 Å². The van der Waals surface area contributed by atoms with E-state index < -0.39 is 29.5 Å². The number of thiophene rings is 1. The maximum Gasteiger partial charge on any atom is 0.417 e. The molecule has 4 heterocycles. The molecule has 0 saturated carbocycles. The van der Waals surface area contributed by atoms with Gasteiger partial charge in [-0.3, -0.25) is 9.78 Å². The molecule has 1 atom stereocenters. The molecule has 1 fully saturated rings. The number of nitrogens with zero attached hydrogens (tertiary/aromatic N) is 4. The molecule has 3 aromatic heterocycles. The van der Waals surface area contributed by atoms with Crippen molar-refractivity contribution >= 4 is 44.9 Å². The van der Waals surface area contributed by atoms with Crippen molar-refractivity contribution in [3.63, 3.8) is 0 Å². The van der Waals surface area contributed by atoms with Crippen LogP contribution in [0.25, 0.3) is 21.3 Å². The molecule has 5 N–H and O–H groups in total. The third-order valence-corrected chi connectivity index (χ3v) is 8.67. The second kappa shape index (κ2) is 12.4. The summed E-state index contributed by atoms with van der Waals surface area (Å²) in [5.74, 6) is -1.39. The zero-order valence-electron chi connectivity index (χ0n) is 23.9. The molecule has 1 aliphatic rings. The van der Waals surface area contributed by atoms with Crippen molar-refractivity contribution in [2.75, 3.05) is 44.4 Å². The van der Waals surface area contributed by atoms with Gasteiger partial charge in [0.1, 0.15) is 21.6 Å². The Kier molecular flexibility index (Phi) is 8.77. The van der Waals surface area contributed by atoms with Crippen molar-refractivity contribution in [3.05, 3.63) is 70.4 Å². The number of alkyl halides is 3. The van der Waals surface area contributed by atoms with Crippen molar-refractivity contribution in [1.29, 1.82) is 0 Å². The number of benzene rings is 1. The van der Waals surface area contributed by atoms with E-state index in [4.69, 9.17) is 5.73 Å². The van der Waals surface area contributed by atoms with Gasteiger partial charge in [-0.25, -0.2) is 9.78 Å². The highest BCUT2D eigenvalue weighted by Crippen LogP contribution is 2.43. The van der Waals surface area contributed by atoms with Crippen LogP contribution in [-0.4, -0.2) is 76.7 Å². The number of hydrogen-bond donors (Lipinski definition) is 4. The third kappa shape index (κ3) is 6.47. The second-order valence-corrected chi connectivity index (χ2v) is 11.8. The van der Waals surface area contributed by atoms with Crippen LogP contribution < -0.4 is 16.0 Å². The lowest BCUT2D eigenvalue weighted by molar-refractivity contribution is -0.136. The smallest absolute Gasteiger partial charge is 0.417 e. The van der Waals surface area contributed by atoms with Crippen molar-refractivity contribution in [2.45, 2.75) is 31.2 Å². The summed E-state index contributed by atoms with van der Waals surface area (Å²) in [6, 6.07) is 11.7. The maximum absolute atomic E-state index is 13.9. The van der Waals surface area contributed by atoms with Gasteiger partial charge >= 0.3 is 12.1 Å². The predicted molar refractivity (Wildman–Crippen MR) is 162 cm³/mol. The van der Waals surface area contributed by atoms with Crippen molar-refractivity contribution in [1.82, 2.24) is 20.2 Å². The molecule has 1 aliphatic heterocycles. The fourth-order valence-electron chi connectivity index (χ4n) is 5.21. The zero-order valence-corrected chi connectivity index (χ0v) is 24.7. The number of aliphatic hydroxyl groups is 1. The normalized spacial score (nSPS) is 15.0. The molecule has 14 heteroatoms. The van der Waals surface area contributed by atoms with Crippen molar-refractivity contribution in [3.8, 4) is 11.1 Å². The highest BCUT2D eigenvalue weighted by molar-refractivity contribution is 7.21. The number of carbonyl (C=O) groups excluding carboxylic acids is 1. The molecule has 0 bridgehead atoms. The van der Waals surface area contributed by atoms with Crippen molar-refractivity contribution in [2.24, 2.45) is 0 Å². The van der Waals surface area contributed by atoms with Gasteiger partial charge in [0.25, 0.3) is 5.91 Å². The summed E-state index contributed by atoms with van der Waals surface area (Å²) in [6.45, 7) is 1.07. The van der Waals surface area contributed by atoms with Crippen molar-refractivity contribution < 1.29 is 33.0 Å². The van der Waals surface area contributed by atoms with Gasteiger partial charge in [-0.05, 0) is 42.7 Å². The van der Waals surface area contributed by atoms with E-state index in [0.29, 0.717) is 48.5 Å². The second-order valence-electron chi connectivity index (χ2n) is 10.8. The number of aromatic nitrogens is 2. The molecular formula is C30H31F3N6O4S. The molecule has 1 amide bonds. The summed E-state index contributed by atoms with van der Waals surface area (Å²) in [7, 11) is 3.38. The molecule has 1 saturated heterocycles. The number of nitrogens with one attached hydrogen (secondary N) is 1. The summed E-state index contributed by atoms with van der Waals surface area (Å²) in [5, 5.41) is 23.0. The number of nitrogen functional groups attached to an aromatic ring is 1. The lowest BCUT2D eigenvalue weighted by Gasteiger charge is -2.34. The number of anilines is 2. The molecule has 44 heavy (non-hydrogen) atoms. The summed E-state index contributed by atoms with van der Waals surface area (Å²) >= 11 is 0.629. The first-order valence-corrected chi connectivity index (χ1v) is 14.6. The number of aromatic carboxylic acids is 1. The average molecular weight is 629 g/mol. The van der Waals surface area contributed by atoms with E-state index in [-0.39, 0.29) is 39.4 Å². The number of amides is 1. The lowest BCUT2D eigenvalue weighted by Crippen LogP contribution is -2.44. The number of carbonyl (C=O) groups is 2. The topological polar surface area (TPSA) is 145 Å². The Hall–Kier alpha value is -4.27. The molecule has 4 aromatic rings. The molecule has 0 radical (unpaired) electrons. The van der Waals surface area contributed by atoms with Gasteiger partial charge in [-0.1, -0.05) is 18.2 Å². The lowest BCUT2D eigenvalue weighted by atomic mass is 10.0. The van der Waals surface area contributed by atoms with Crippen LogP contribution in [0.4, 0.5) is 24.7 Å². The van der Waals surface area contributed by atoms with Gasteiger partial charge in [-0.15, -0.1) is 11.3 Å². The Morgan fingerprint density at radius 2 is 1.89 bits per heavy atom. The van der Waals surface area contributed by atoms with Crippen LogP contribution in [0.15, 0.2) is 48.7 Å². The first-order chi connectivity index (χ1) is 20.8. The number of piperidine rings is 1. The summed E-state index contributed by atoms with van der Waals surface area (Å²) in [4.78, 5) is 35.3. The largest absolute Gasteiger partial charge is 0.477 e. The Balaban J connectivity index is 1.20. The maximum atomic E-state index is 13.9. The Morgan fingerprint density at radius 1 is 1.16 bits per heavy atom. The number of nitrogens with two attached hydrogens (primary N) is 1. The molecule has 1 unspecified atom stereocenters. The molecule has 0 aliphatic carbocycles. The number of hydrogen-bond acceptors (Lipinski definition) is 9. The Bertz CT molecular complexity index is 1680. The van der Waals surface area contributed by atoms with Gasteiger partial charge in [0.2, 0.25) is 0 Å². The fraction of sp³-hybridized carbons (Fsp3) is 0.333. The van der Waals surface area contributed by atoms with Crippen LogP contribution in [0.1, 0.15) is 50.2 Å². The number of aliphatic hydroxyl groups excluding tert-OH is 1. The van der Waals surface area contributed by atoms with E-state index in [9.17, 15) is 33.0 Å². The minimum absolute atomic E-state index is 0.0129. The summed E-state index contributed by atoms with van der Waals surface area (Å²) in [5.41, 5.74) is 7.01. The standard InChI is InChI=1S/C30H31F3N6O4S/c1-38(2)28(41)17-5-3-4-16(12-17)18-6-7-21(36-14-18)22(40)15-35-19-8-10-39(11-9-19)23-13-20(30(31,32)33)24-25(34)26(29(42)43)44-27(24)37-23/h3-7,12-14,19,22,35,40H,8-11,15,34H2,1-2H3,(H,42,43). The number of carboxylic acid groups (broad SMARTS) is 1. The molecular weight excluding hydrogens is 597 g/mol. The number of pyridine rings is 2. The quantitative estimate of drug-likeness (QED) is 0.219. The average Bonchev–Trinajstić information content (AvgIpc) is 3.35. The van der Waals surface area contributed by atoms with E-state index in [1.165, 1.54) is 4.90 Å². The van der Waals surface area contributed by atoms with Gasteiger partial charge in [0, 0.05) is 62.5 Å². The number of halogens is 3. The van der Waals surface area contributed by atoms with E-state index in [2.05, 4.69) is 15.3 Å². The molecule has 10 nitrogen and oxygen atoms in total. The van der Waals surface area contributed by atoms with Crippen LogP contribution in [0.5, 0.6) is 0 Å². The first kappa shape index (κ1) is 31.2. The summed E-state index contributed by atoms with van der Waals surface area (Å²) < 4.78 is 41.7. The highest BCUT2D eigenvalue weighted by Gasteiger charge is 2.37. The van der Waals surface area contributed by atoms with Gasteiger partial charge in [-0.2, -0.15) is 13.2 Å². The minimum Gasteiger partial charge on any atom is -0.477 e. The fourth-order valence-corrected chi connectivity index (χ4v) is 6.17. The van der Waals surface area contributed by atoms with Crippen LogP contribution in [-0.2, 0) is 6.18 Å². The first-order valence-electron chi connectivity index (χ1n) is 13.8. The van der Waals surface area contributed by atoms with Gasteiger partial charge < -0.3 is 31.1 Å². The van der Waals surface area contributed by atoms with Crippen LogP contribution >= 0.6 is 11.3 Å². The van der Waals surface area contributed by atoms with E-state index in [0.717, 1.165) is 17.2 Å². The zero-order chi connectivity index (χ0) is 31.8. The predicted octanol–water partition coefficient (Wildman–Crippen LogP) is 4.65. The Morgan fingerprint density at radius 3 is 2.50 bits per heavy atom.